The zero-order valence-corrected chi connectivity index (χ0v) is 18.0. The van der Waals surface area contributed by atoms with E-state index in [4.69, 9.17) is 16.0 Å². The summed E-state index contributed by atoms with van der Waals surface area (Å²) in [6.45, 7) is 4.90. The SMILES string of the molecule is Cc1nn(Cc2ncc(-c3ccc(Cl)cc3)o2)c(C)c1S(=O)(=O)N1CCCCC1. The second-order valence-corrected chi connectivity index (χ2v) is 9.56. The number of hydrogen-bond acceptors (Lipinski definition) is 5. The fourth-order valence-corrected chi connectivity index (χ4v) is 5.72. The van der Waals surface area contributed by atoms with Crippen LogP contribution < -0.4 is 0 Å². The van der Waals surface area contributed by atoms with Crippen molar-refractivity contribution in [2.24, 2.45) is 0 Å². The molecule has 0 spiro atoms. The summed E-state index contributed by atoms with van der Waals surface area (Å²) in [6.07, 6.45) is 4.52. The molecule has 9 heteroatoms. The lowest BCUT2D eigenvalue weighted by Gasteiger charge is -2.25. The van der Waals surface area contributed by atoms with Gasteiger partial charge in [0.05, 0.1) is 17.6 Å². The van der Waals surface area contributed by atoms with Gasteiger partial charge in [-0.05, 0) is 51.0 Å². The molecular weight excluding hydrogens is 412 g/mol. The maximum absolute atomic E-state index is 13.1. The van der Waals surface area contributed by atoms with Crippen LogP contribution in [0.3, 0.4) is 0 Å². The van der Waals surface area contributed by atoms with E-state index in [1.807, 2.05) is 12.1 Å². The minimum absolute atomic E-state index is 0.260. The molecule has 2 aromatic heterocycles. The van der Waals surface area contributed by atoms with E-state index in [9.17, 15) is 8.42 Å². The molecule has 0 atom stereocenters. The number of sulfonamides is 1. The highest BCUT2D eigenvalue weighted by atomic mass is 35.5. The second kappa shape index (κ2) is 7.93. The van der Waals surface area contributed by atoms with Gasteiger partial charge in [0.1, 0.15) is 11.4 Å². The third-order valence-corrected chi connectivity index (χ3v) is 7.60. The fourth-order valence-electron chi connectivity index (χ4n) is 3.70. The first-order valence-corrected chi connectivity index (χ1v) is 11.4. The third kappa shape index (κ3) is 3.97. The maximum Gasteiger partial charge on any atom is 0.246 e. The molecule has 0 saturated carbocycles. The molecule has 1 aromatic carbocycles. The molecule has 1 aliphatic rings. The molecule has 0 amide bonds. The van der Waals surface area contributed by atoms with Gasteiger partial charge in [-0.15, -0.1) is 0 Å². The number of halogens is 1. The summed E-state index contributed by atoms with van der Waals surface area (Å²) in [5.41, 5.74) is 1.96. The van der Waals surface area contributed by atoms with Gasteiger partial charge >= 0.3 is 0 Å². The van der Waals surface area contributed by atoms with Crippen LogP contribution in [0.15, 0.2) is 39.8 Å². The number of aromatic nitrogens is 3. The van der Waals surface area contributed by atoms with Crippen molar-refractivity contribution in [1.82, 2.24) is 19.1 Å². The largest absolute Gasteiger partial charge is 0.439 e. The summed E-state index contributed by atoms with van der Waals surface area (Å²) >= 11 is 5.93. The molecule has 0 unspecified atom stereocenters. The van der Waals surface area contributed by atoms with Gasteiger partial charge in [0.2, 0.25) is 15.9 Å². The lowest BCUT2D eigenvalue weighted by Crippen LogP contribution is -2.36. The van der Waals surface area contributed by atoms with Gasteiger partial charge in [0, 0.05) is 23.7 Å². The highest BCUT2D eigenvalue weighted by Gasteiger charge is 2.31. The van der Waals surface area contributed by atoms with E-state index in [1.54, 1.807) is 41.2 Å². The first-order valence-electron chi connectivity index (χ1n) is 9.61. The van der Waals surface area contributed by atoms with E-state index in [0.29, 0.717) is 46.0 Å². The Morgan fingerprint density at radius 1 is 1.10 bits per heavy atom. The Labute approximate surface area is 175 Å². The van der Waals surface area contributed by atoms with Crippen LogP contribution in [0, 0.1) is 13.8 Å². The lowest BCUT2D eigenvalue weighted by atomic mass is 10.2. The minimum atomic E-state index is -3.55. The number of piperidine rings is 1. The van der Waals surface area contributed by atoms with Crippen LogP contribution in [0.1, 0.15) is 36.5 Å². The standard InChI is InChI=1S/C20H23ClN4O3S/c1-14-20(29(26,27)24-10-4-3-5-11-24)15(2)25(23-14)13-19-22-12-18(28-19)16-6-8-17(21)9-7-16/h6-9,12H,3-5,10-11,13H2,1-2H3. The quantitative estimate of drug-likeness (QED) is 0.605. The van der Waals surface area contributed by atoms with Crippen molar-refractivity contribution in [1.29, 1.82) is 0 Å². The van der Waals surface area contributed by atoms with Crippen LogP contribution in [-0.2, 0) is 16.6 Å². The Morgan fingerprint density at radius 3 is 2.48 bits per heavy atom. The van der Waals surface area contributed by atoms with E-state index < -0.39 is 10.0 Å². The average molecular weight is 435 g/mol. The van der Waals surface area contributed by atoms with E-state index in [2.05, 4.69) is 10.1 Å². The Bertz CT molecular complexity index is 1110. The van der Waals surface area contributed by atoms with Crippen molar-refractivity contribution < 1.29 is 12.8 Å². The van der Waals surface area contributed by atoms with Gasteiger partial charge in [-0.2, -0.15) is 9.40 Å². The molecule has 0 aliphatic carbocycles. The van der Waals surface area contributed by atoms with Crippen LogP contribution in [0.25, 0.3) is 11.3 Å². The normalized spacial score (nSPS) is 15.7. The predicted octanol–water partition coefficient (Wildman–Crippen LogP) is 4.03. The van der Waals surface area contributed by atoms with Crippen LogP contribution in [0.4, 0.5) is 0 Å². The number of nitrogens with zero attached hydrogens (tertiary/aromatic N) is 4. The summed E-state index contributed by atoms with van der Waals surface area (Å²) in [7, 11) is -3.55. The van der Waals surface area contributed by atoms with Crippen molar-refractivity contribution in [3.05, 3.63) is 52.8 Å². The second-order valence-electron chi connectivity index (χ2n) is 7.25. The molecule has 3 heterocycles. The third-order valence-electron chi connectivity index (χ3n) is 5.20. The van der Waals surface area contributed by atoms with Crippen molar-refractivity contribution in [2.45, 2.75) is 44.6 Å². The van der Waals surface area contributed by atoms with Gasteiger partial charge in [0.15, 0.2) is 5.76 Å². The maximum atomic E-state index is 13.1. The molecule has 0 bridgehead atoms. The fraction of sp³-hybridized carbons (Fsp3) is 0.400. The van der Waals surface area contributed by atoms with Crippen LogP contribution in [0.5, 0.6) is 0 Å². The number of rotatable bonds is 5. The molecule has 1 fully saturated rings. The molecule has 4 rings (SSSR count). The van der Waals surface area contributed by atoms with Crippen molar-refractivity contribution in [3.63, 3.8) is 0 Å². The van der Waals surface area contributed by atoms with E-state index in [-0.39, 0.29) is 6.54 Å². The number of aryl methyl sites for hydroxylation is 1. The van der Waals surface area contributed by atoms with Gasteiger partial charge in [-0.1, -0.05) is 18.0 Å². The Morgan fingerprint density at radius 2 is 1.79 bits per heavy atom. The van der Waals surface area contributed by atoms with Gasteiger partial charge in [-0.3, -0.25) is 4.68 Å². The number of oxazole rings is 1. The highest BCUT2D eigenvalue weighted by molar-refractivity contribution is 7.89. The van der Waals surface area contributed by atoms with E-state index >= 15 is 0 Å². The van der Waals surface area contributed by atoms with Crippen LogP contribution >= 0.6 is 11.6 Å². The summed E-state index contributed by atoms with van der Waals surface area (Å²) in [4.78, 5) is 4.62. The van der Waals surface area contributed by atoms with Crippen molar-refractivity contribution in [3.8, 4) is 11.3 Å². The summed E-state index contributed by atoms with van der Waals surface area (Å²) in [5.74, 6) is 1.09. The van der Waals surface area contributed by atoms with E-state index in [0.717, 1.165) is 24.8 Å². The van der Waals surface area contributed by atoms with Crippen molar-refractivity contribution in [2.75, 3.05) is 13.1 Å². The molecule has 1 saturated heterocycles. The Kier molecular flexibility index (Phi) is 5.50. The molecule has 29 heavy (non-hydrogen) atoms. The summed E-state index contributed by atoms with van der Waals surface area (Å²) < 4.78 is 35.3. The zero-order valence-electron chi connectivity index (χ0n) is 16.4. The number of hydrogen-bond donors (Lipinski definition) is 0. The molecule has 1 aliphatic heterocycles. The molecule has 0 N–H and O–H groups in total. The van der Waals surface area contributed by atoms with Crippen LogP contribution in [0.2, 0.25) is 5.02 Å². The van der Waals surface area contributed by atoms with E-state index in [1.165, 1.54) is 0 Å². The highest BCUT2D eigenvalue weighted by Crippen LogP contribution is 2.27. The van der Waals surface area contributed by atoms with Crippen molar-refractivity contribution >= 4 is 21.6 Å². The predicted molar refractivity (Wildman–Crippen MR) is 110 cm³/mol. The molecule has 7 nitrogen and oxygen atoms in total. The van der Waals surface area contributed by atoms with Gasteiger partial charge in [0.25, 0.3) is 0 Å². The lowest BCUT2D eigenvalue weighted by molar-refractivity contribution is 0.346. The smallest absolute Gasteiger partial charge is 0.246 e. The van der Waals surface area contributed by atoms with Gasteiger partial charge < -0.3 is 4.42 Å². The molecular formula is C20H23ClN4O3S. The number of benzene rings is 1. The Hall–Kier alpha value is -2.16. The van der Waals surface area contributed by atoms with Crippen LogP contribution in [-0.4, -0.2) is 40.6 Å². The van der Waals surface area contributed by atoms with Gasteiger partial charge in [-0.25, -0.2) is 13.4 Å². The average Bonchev–Trinajstić information content (AvgIpc) is 3.28. The topological polar surface area (TPSA) is 81.2 Å². The molecule has 154 valence electrons. The zero-order chi connectivity index (χ0) is 20.6. The monoisotopic (exact) mass is 434 g/mol. The first kappa shape index (κ1) is 20.1. The minimum Gasteiger partial charge on any atom is -0.439 e. The summed E-state index contributed by atoms with van der Waals surface area (Å²) in [6, 6.07) is 7.30. The first-order chi connectivity index (χ1) is 13.9. The molecule has 3 aromatic rings. The summed E-state index contributed by atoms with van der Waals surface area (Å²) in [5, 5.41) is 5.11. The Balaban J connectivity index is 1.59. The molecule has 0 radical (unpaired) electrons.